The number of halogens is 1. The number of aromatic nitrogens is 3. The zero-order valence-corrected chi connectivity index (χ0v) is 17.4. The third kappa shape index (κ3) is 5.40. The molecular formula is C24H20FN5O3. The highest BCUT2D eigenvalue weighted by atomic mass is 19.1. The summed E-state index contributed by atoms with van der Waals surface area (Å²) in [5, 5.41) is 9.54. The van der Waals surface area contributed by atoms with Crippen LogP contribution in [0, 0.1) is 5.82 Å². The highest BCUT2D eigenvalue weighted by molar-refractivity contribution is 5.94. The van der Waals surface area contributed by atoms with E-state index in [1.807, 2.05) is 6.07 Å². The van der Waals surface area contributed by atoms with Crippen molar-refractivity contribution in [2.24, 2.45) is 0 Å². The molecule has 2 N–H and O–H groups in total. The maximum absolute atomic E-state index is 13.0. The molecule has 166 valence electrons. The Morgan fingerprint density at radius 1 is 0.970 bits per heavy atom. The predicted molar refractivity (Wildman–Crippen MR) is 120 cm³/mol. The predicted octanol–water partition coefficient (Wildman–Crippen LogP) is 2.74. The summed E-state index contributed by atoms with van der Waals surface area (Å²) in [5.74, 6) is -1.37. The number of amides is 2. The van der Waals surface area contributed by atoms with Gasteiger partial charge in [-0.05, 0) is 54.1 Å². The van der Waals surface area contributed by atoms with Crippen LogP contribution in [0.2, 0.25) is 0 Å². The van der Waals surface area contributed by atoms with E-state index < -0.39 is 17.4 Å². The summed E-state index contributed by atoms with van der Waals surface area (Å²) in [5.41, 5.74) is 1.34. The Bertz CT molecular complexity index is 1330. The van der Waals surface area contributed by atoms with Crippen LogP contribution in [-0.4, -0.2) is 26.2 Å². The maximum Gasteiger partial charge on any atom is 0.263 e. The fraction of sp³-hybridized carbons (Fsp3) is 0.0833. The fourth-order valence-corrected chi connectivity index (χ4v) is 3.22. The van der Waals surface area contributed by atoms with Crippen LogP contribution in [0.5, 0.6) is 0 Å². The van der Waals surface area contributed by atoms with Crippen LogP contribution >= 0.6 is 0 Å². The molecule has 9 heteroatoms. The normalized spacial score (nSPS) is 10.6. The molecule has 2 aromatic heterocycles. The van der Waals surface area contributed by atoms with Gasteiger partial charge in [-0.2, -0.15) is 5.10 Å². The largest absolute Gasteiger partial charge is 0.348 e. The monoisotopic (exact) mass is 445 g/mol. The molecule has 2 heterocycles. The number of carbonyl (C=O) groups is 2. The quantitative estimate of drug-likeness (QED) is 0.457. The number of rotatable bonds is 7. The van der Waals surface area contributed by atoms with E-state index in [2.05, 4.69) is 15.7 Å². The lowest BCUT2D eigenvalue weighted by Crippen LogP contribution is -2.34. The van der Waals surface area contributed by atoms with Crippen LogP contribution < -0.4 is 16.2 Å². The number of anilines is 1. The zero-order chi connectivity index (χ0) is 23.2. The number of carbonyl (C=O) groups excluding carboxylic acids is 2. The van der Waals surface area contributed by atoms with E-state index in [-0.39, 0.29) is 24.5 Å². The lowest BCUT2D eigenvalue weighted by atomic mass is 10.2. The van der Waals surface area contributed by atoms with Crippen LogP contribution in [-0.2, 0) is 17.9 Å². The Morgan fingerprint density at radius 3 is 2.55 bits per heavy atom. The average molecular weight is 445 g/mol. The van der Waals surface area contributed by atoms with Gasteiger partial charge in [-0.1, -0.05) is 18.2 Å². The topological polar surface area (TPSA) is 98.0 Å². The van der Waals surface area contributed by atoms with Crippen molar-refractivity contribution in [3.8, 4) is 5.69 Å². The Labute approximate surface area is 188 Å². The van der Waals surface area contributed by atoms with Gasteiger partial charge in [-0.15, -0.1) is 0 Å². The second kappa shape index (κ2) is 9.73. The van der Waals surface area contributed by atoms with E-state index in [1.54, 1.807) is 53.5 Å². The lowest BCUT2D eigenvalue weighted by Gasteiger charge is -2.10. The molecule has 0 fully saturated rings. The molecule has 8 nitrogen and oxygen atoms in total. The molecule has 4 rings (SSSR count). The van der Waals surface area contributed by atoms with E-state index in [0.29, 0.717) is 11.3 Å². The molecule has 0 aliphatic carbocycles. The Hall–Kier alpha value is -4.53. The molecule has 33 heavy (non-hydrogen) atoms. The smallest absolute Gasteiger partial charge is 0.263 e. The zero-order valence-electron chi connectivity index (χ0n) is 17.4. The van der Waals surface area contributed by atoms with Gasteiger partial charge in [0.15, 0.2) is 0 Å². The van der Waals surface area contributed by atoms with Gasteiger partial charge in [-0.25, -0.2) is 9.07 Å². The number of nitrogens with one attached hydrogen (secondary N) is 2. The van der Waals surface area contributed by atoms with Gasteiger partial charge < -0.3 is 15.2 Å². The van der Waals surface area contributed by atoms with E-state index >= 15 is 0 Å². The minimum Gasteiger partial charge on any atom is -0.348 e. The van der Waals surface area contributed by atoms with Crippen molar-refractivity contribution >= 4 is 17.5 Å². The van der Waals surface area contributed by atoms with Crippen molar-refractivity contribution < 1.29 is 14.0 Å². The molecule has 0 saturated carbocycles. The van der Waals surface area contributed by atoms with Crippen molar-refractivity contribution in [2.45, 2.75) is 13.1 Å². The summed E-state index contributed by atoms with van der Waals surface area (Å²) >= 11 is 0. The SMILES string of the molecule is O=C(Cn1cccc(C(=O)NCc2ccc(F)cc2)c1=O)Nc1cccc(-n2cccn2)c1. The van der Waals surface area contributed by atoms with Crippen molar-refractivity contribution in [3.05, 3.63) is 113 Å². The van der Waals surface area contributed by atoms with Gasteiger partial charge in [0.1, 0.15) is 17.9 Å². The van der Waals surface area contributed by atoms with E-state index in [9.17, 15) is 18.8 Å². The number of nitrogens with zero attached hydrogens (tertiary/aromatic N) is 3. The van der Waals surface area contributed by atoms with Crippen molar-refractivity contribution in [1.82, 2.24) is 19.7 Å². The highest BCUT2D eigenvalue weighted by Gasteiger charge is 2.14. The number of hydrogen-bond donors (Lipinski definition) is 2. The van der Waals surface area contributed by atoms with Gasteiger partial charge in [-0.3, -0.25) is 14.4 Å². The van der Waals surface area contributed by atoms with Crippen molar-refractivity contribution in [2.75, 3.05) is 5.32 Å². The first kappa shape index (κ1) is 21.7. The number of hydrogen-bond acceptors (Lipinski definition) is 4. The molecule has 0 atom stereocenters. The standard InChI is InChI=1S/C24H20FN5O3/c25-18-9-7-17(8-10-18)15-26-23(32)21-6-2-12-29(24(21)33)16-22(31)28-19-4-1-5-20(14-19)30-13-3-11-27-30/h1-14H,15-16H2,(H,26,32)(H,28,31). The van der Waals surface area contributed by atoms with E-state index in [0.717, 1.165) is 5.69 Å². The van der Waals surface area contributed by atoms with Crippen LogP contribution in [0.25, 0.3) is 5.69 Å². The molecule has 0 spiro atoms. The number of benzene rings is 2. The molecule has 0 bridgehead atoms. The first-order valence-electron chi connectivity index (χ1n) is 10.1. The Balaban J connectivity index is 1.41. The van der Waals surface area contributed by atoms with E-state index in [4.69, 9.17) is 0 Å². The Kier molecular flexibility index (Phi) is 6.40. The summed E-state index contributed by atoms with van der Waals surface area (Å²) in [6.07, 6.45) is 4.88. The molecule has 0 aliphatic rings. The molecule has 0 aliphatic heterocycles. The summed E-state index contributed by atoms with van der Waals surface area (Å²) in [6.45, 7) is -0.121. The Morgan fingerprint density at radius 2 is 1.79 bits per heavy atom. The molecule has 4 aromatic rings. The lowest BCUT2D eigenvalue weighted by molar-refractivity contribution is -0.116. The van der Waals surface area contributed by atoms with Crippen molar-refractivity contribution in [3.63, 3.8) is 0 Å². The third-order valence-corrected chi connectivity index (χ3v) is 4.84. The third-order valence-electron chi connectivity index (χ3n) is 4.84. The van der Waals surface area contributed by atoms with Crippen LogP contribution in [0.15, 0.2) is 90.1 Å². The summed E-state index contributed by atoms with van der Waals surface area (Å²) < 4.78 is 15.8. The van der Waals surface area contributed by atoms with Gasteiger partial charge in [0.05, 0.1) is 5.69 Å². The van der Waals surface area contributed by atoms with Gasteiger partial charge in [0, 0.05) is 30.8 Å². The van der Waals surface area contributed by atoms with Crippen LogP contribution in [0.4, 0.5) is 10.1 Å². The average Bonchev–Trinajstić information content (AvgIpc) is 3.35. The van der Waals surface area contributed by atoms with Gasteiger partial charge in [0.25, 0.3) is 11.5 Å². The second-order valence-electron chi connectivity index (χ2n) is 7.21. The fourth-order valence-electron chi connectivity index (χ4n) is 3.22. The first-order valence-corrected chi connectivity index (χ1v) is 10.1. The van der Waals surface area contributed by atoms with Crippen LogP contribution in [0.3, 0.4) is 0 Å². The highest BCUT2D eigenvalue weighted by Crippen LogP contribution is 2.14. The summed E-state index contributed by atoms with van der Waals surface area (Å²) in [6, 6.07) is 17.5. The van der Waals surface area contributed by atoms with Crippen LogP contribution in [0.1, 0.15) is 15.9 Å². The molecule has 2 amide bonds. The molecular weight excluding hydrogens is 425 g/mol. The summed E-state index contributed by atoms with van der Waals surface area (Å²) in [4.78, 5) is 37.7. The minimum atomic E-state index is -0.588. The first-order chi connectivity index (χ1) is 16.0. The molecule has 0 saturated heterocycles. The van der Waals surface area contributed by atoms with Crippen molar-refractivity contribution in [1.29, 1.82) is 0 Å². The number of pyridine rings is 1. The van der Waals surface area contributed by atoms with E-state index in [1.165, 1.54) is 35.0 Å². The van der Waals surface area contributed by atoms with Gasteiger partial charge in [0.2, 0.25) is 5.91 Å². The maximum atomic E-state index is 13.0. The molecule has 0 radical (unpaired) electrons. The molecule has 0 unspecified atom stereocenters. The molecule has 2 aromatic carbocycles. The summed E-state index contributed by atoms with van der Waals surface area (Å²) in [7, 11) is 0. The second-order valence-corrected chi connectivity index (χ2v) is 7.21. The van der Waals surface area contributed by atoms with Gasteiger partial charge >= 0.3 is 0 Å². The minimum absolute atomic E-state index is 0.0897.